The van der Waals surface area contributed by atoms with E-state index in [1.807, 2.05) is 38.1 Å². The van der Waals surface area contributed by atoms with Crippen LogP contribution in [0.15, 0.2) is 24.3 Å². The van der Waals surface area contributed by atoms with Gasteiger partial charge in [-0.05, 0) is 11.6 Å². The van der Waals surface area contributed by atoms with Crippen molar-refractivity contribution in [2.45, 2.75) is 19.8 Å². The zero-order valence-corrected chi connectivity index (χ0v) is 10.1. The van der Waals surface area contributed by atoms with E-state index in [1.165, 1.54) is 0 Å². The monoisotopic (exact) mass is 227 g/mol. The van der Waals surface area contributed by atoms with Crippen molar-refractivity contribution < 1.29 is 9.42 Å². The van der Waals surface area contributed by atoms with Gasteiger partial charge in [-0.2, -0.15) is 0 Å². The number of benzene rings is 1. The number of nitrogens with two attached hydrogens (primary N) is 1. The zero-order chi connectivity index (χ0) is 11.3. The normalized spacial score (nSPS) is 14.9. The van der Waals surface area contributed by atoms with Gasteiger partial charge in [0, 0.05) is 17.8 Å². The second-order valence-corrected chi connectivity index (χ2v) is 5.09. The summed E-state index contributed by atoms with van der Waals surface area (Å²) in [5.41, 5.74) is 7.71. The van der Waals surface area contributed by atoms with Crippen LogP contribution in [0.5, 0.6) is 0 Å². The molecule has 0 radical (unpaired) electrons. The molecular weight excluding hydrogens is 209 g/mol. The summed E-state index contributed by atoms with van der Waals surface area (Å²) in [6.45, 7) is 4.47. The van der Waals surface area contributed by atoms with E-state index in [0.29, 0.717) is 12.8 Å². The molecule has 0 aliphatic rings. The minimum atomic E-state index is -1.25. The van der Waals surface area contributed by atoms with Crippen LogP contribution in [0.2, 0.25) is 0 Å². The summed E-state index contributed by atoms with van der Waals surface area (Å²) in [6, 6.07) is 7.75. The summed E-state index contributed by atoms with van der Waals surface area (Å²) in [7, 11) is -1.25. The maximum absolute atomic E-state index is 9.33. The van der Waals surface area contributed by atoms with Gasteiger partial charge in [0.15, 0.2) is 8.38 Å². The topological polar surface area (TPSA) is 55.5 Å². The third-order valence-electron chi connectivity index (χ3n) is 2.27. The largest absolute Gasteiger partial charge is 0.398 e. The number of para-hydroxylation sites is 1. The van der Waals surface area contributed by atoms with Crippen molar-refractivity contribution >= 4 is 14.1 Å². The van der Waals surface area contributed by atoms with Crippen LogP contribution in [-0.4, -0.2) is 17.7 Å². The fourth-order valence-electron chi connectivity index (χ4n) is 1.34. The number of anilines is 1. The first-order valence-corrected chi connectivity index (χ1v) is 6.48. The van der Waals surface area contributed by atoms with Crippen LogP contribution in [0.1, 0.15) is 25.3 Å². The van der Waals surface area contributed by atoms with Gasteiger partial charge < -0.3 is 15.2 Å². The average molecular weight is 227 g/mol. The van der Waals surface area contributed by atoms with Crippen molar-refractivity contribution in [2.24, 2.45) is 0 Å². The average Bonchev–Trinajstić information content (AvgIpc) is 2.26. The summed E-state index contributed by atoms with van der Waals surface area (Å²) >= 11 is 0. The van der Waals surface area contributed by atoms with E-state index in [4.69, 9.17) is 10.3 Å². The molecule has 0 aliphatic heterocycles. The Morgan fingerprint density at radius 1 is 1.47 bits per heavy atom. The number of hydrogen-bond donors (Lipinski definition) is 2. The van der Waals surface area contributed by atoms with Gasteiger partial charge >= 0.3 is 0 Å². The molecule has 0 bridgehead atoms. The molecule has 0 spiro atoms. The van der Waals surface area contributed by atoms with Gasteiger partial charge in [0.05, 0.1) is 6.61 Å². The number of nitrogen functional groups attached to an aromatic ring is 1. The van der Waals surface area contributed by atoms with E-state index in [0.717, 1.165) is 11.3 Å². The molecule has 3 N–H and O–H groups in total. The van der Waals surface area contributed by atoms with E-state index < -0.39 is 8.38 Å². The molecule has 4 heteroatoms. The predicted octanol–water partition coefficient (Wildman–Crippen LogP) is 2.71. The van der Waals surface area contributed by atoms with Crippen molar-refractivity contribution in [3.63, 3.8) is 0 Å². The Bertz CT molecular complexity index is 306. The lowest BCUT2D eigenvalue weighted by molar-refractivity contribution is 0.291. The molecule has 0 saturated carbocycles. The highest BCUT2D eigenvalue weighted by molar-refractivity contribution is 7.46. The van der Waals surface area contributed by atoms with Crippen LogP contribution in [0, 0.1) is 0 Å². The Kier molecular flexibility index (Phi) is 5.03. The van der Waals surface area contributed by atoms with Crippen molar-refractivity contribution in [1.29, 1.82) is 0 Å². The third-order valence-corrected chi connectivity index (χ3v) is 3.26. The van der Waals surface area contributed by atoms with Crippen LogP contribution in [0.3, 0.4) is 0 Å². The first-order chi connectivity index (χ1) is 7.15. The van der Waals surface area contributed by atoms with Gasteiger partial charge in [0.1, 0.15) is 0 Å². The lowest BCUT2D eigenvalue weighted by Gasteiger charge is -2.16. The lowest BCUT2D eigenvalue weighted by Crippen LogP contribution is -2.05. The molecule has 1 unspecified atom stereocenters. The zero-order valence-electron chi connectivity index (χ0n) is 9.18. The first-order valence-electron chi connectivity index (χ1n) is 5.08. The quantitative estimate of drug-likeness (QED) is 0.600. The van der Waals surface area contributed by atoms with Crippen LogP contribution < -0.4 is 5.73 Å². The van der Waals surface area contributed by atoms with E-state index in [-0.39, 0.29) is 5.92 Å². The van der Waals surface area contributed by atoms with Crippen LogP contribution in [-0.2, 0) is 4.52 Å². The summed E-state index contributed by atoms with van der Waals surface area (Å²) in [5.74, 6) is 0.217. The molecule has 1 rings (SSSR count). The maximum atomic E-state index is 9.33. The molecule has 0 aromatic heterocycles. The van der Waals surface area contributed by atoms with Crippen LogP contribution in [0.4, 0.5) is 5.69 Å². The molecule has 1 aromatic carbocycles. The van der Waals surface area contributed by atoms with Gasteiger partial charge in [-0.25, -0.2) is 0 Å². The molecule has 84 valence electrons. The Labute approximate surface area is 92.2 Å². The molecule has 0 heterocycles. The third kappa shape index (κ3) is 3.78. The highest BCUT2D eigenvalue weighted by Crippen LogP contribution is 2.33. The fourth-order valence-corrected chi connectivity index (χ4v) is 1.92. The Hall–Kier alpha value is -0.630. The standard InChI is InChI=1S/C11H18NO2P/c1-3-15(13)14-8-9(2)10-6-4-5-7-11(10)12/h4-7,9,13H,3,8,12H2,1-2H3/t9-,15?/m1/s1. The van der Waals surface area contributed by atoms with Crippen LogP contribution in [0.25, 0.3) is 0 Å². The van der Waals surface area contributed by atoms with Gasteiger partial charge in [-0.15, -0.1) is 0 Å². The molecule has 2 atom stereocenters. The minimum Gasteiger partial charge on any atom is -0.398 e. The summed E-state index contributed by atoms with van der Waals surface area (Å²) in [6.07, 6.45) is 0.673. The lowest BCUT2D eigenvalue weighted by atomic mass is 10.0. The second kappa shape index (κ2) is 6.06. The fraction of sp³-hybridized carbons (Fsp3) is 0.455. The molecule has 0 amide bonds. The summed E-state index contributed by atoms with van der Waals surface area (Å²) in [4.78, 5) is 9.33. The molecule has 3 nitrogen and oxygen atoms in total. The Morgan fingerprint density at radius 2 is 2.13 bits per heavy atom. The highest BCUT2D eigenvalue weighted by atomic mass is 31.2. The van der Waals surface area contributed by atoms with E-state index in [2.05, 4.69) is 0 Å². The molecule has 0 saturated heterocycles. The van der Waals surface area contributed by atoms with Crippen molar-refractivity contribution in [3.05, 3.63) is 29.8 Å². The number of hydrogen-bond acceptors (Lipinski definition) is 3. The Morgan fingerprint density at radius 3 is 2.73 bits per heavy atom. The van der Waals surface area contributed by atoms with E-state index in [1.54, 1.807) is 0 Å². The smallest absolute Gasteiger partial charge is 0.167 e. The highest BCUT2D eigenvalue weighted by Gasteiger charge is 2.11. The van der Waals surface area contributed by atoms with Gasteiger partial charge in [0.25, 0.3) is 0 Å². The molecule has 15 heavy (non-hydrogen) atoms. The second-order valence-electron chi connectivity index (χ2n) is 3.49. The first kappa shape index (κ1) is 12.4. The van der Waals surface area contributed by atoms with Crippen molar-refractivity contribution in [2.75, 3.05) is 18.5 Å². The van der Waals surface area contributed by atoms with E-state index in [9.17, 15) is 4.89 Å². The van der Waals surface area contributed by atoms with Crippen LogP contribution >= 0.6 is 8.38 Å². The van der Waals surface area contributed by atoms with Crippen molar-refractivity contribution in [3.8, 4) is 0 Å². The summed E-state index contributed by atoms with van der Waals surface area (Å²) in [5, 5.41) is 0. The molecular formula is C11H18NO2P. The van der Waals surface area contributed by atoms with Crippen molar-refractivity contribution in [1.82, 2.24) is 0 Å². The van der Waals surface area contributed by atoms with Gasteiger partial charge in [0.2, 0.25) is 0 Å². The molecule has 0 aliphatic carbocycles. The molecule has 0 fully saturated rings. The minimum absolute atomic E-state index is 0.217. The summed E-state index contributed by atoms with van der Waals surface area (Å²) < 4.78 is 5.33. The number of rotatable bonds is 5. The van der Waals surface area contributed by atoms with E-state index >= 15 is 0 Å². The predicted molar refractivity (Wildman–Crippen MR) is 64.9 cm³/mol. The SMILES string of the molecule is CCP(O)OC[C@@H](C)c1ccccc1N. The Balaban J connectivity index is 2.54. The molecule has 1 aromatic rings. The maximum Gasteiger partial charge on any atom is 0.167 e. The van der Waals surface area contributed by atoms with Gasteiger partial charge in [-0.3, -0.25) is 0 Å². The van der Waals surface area contributed by atoms with Gasteiger partial charge in [-0.1, -0.05) is 32.0 Å².